The largest absolute Gasteiger partial charge is 0.490 e. The molecule has 0 spiro atoms. The molecule has 0 radical (unpaired) electrons. The maximum absolute atomic E-state index is 13.3. The molecule has 0 saturated carbocycles. The SMILES string of the molecule is CSc1c(F)ccc(OC(C)C)c1Br. The number of ether oxygens (including phenoxy) is 1. The van der Waals surface area contributed by atoms with Crippen molar-refractivity contribution >= 4 is 27.7 Å². The van der Waals surface area contributed by atoms with E-state index in [1.807, 2.05) is 20.1 Å². The van der Waals surface area contributed by atoms with Gasteiger partial charge in [-0.1, -0.05) is 0 Å². The molecular weight excluding hydrogens is 267 g/mol. The fourth-order valence-corrected chi connectivity index (χ4v) is 2.49. The van der Waals surface area contributed by atoms with Crippen molar-refractivity contribution in [2.45, 2.75) is 24.8 Å². The molecular formula is C10H12BrFOS. The standard InChI is InChI=1S/C10H12BrFOS/c1-6(2)13-8-5-4-7(12)10(14-3)9(8)11/h4-6H,1-3H3. The van der Waals surface area contributed by atoms with Crippen LogP contribution < -0.4 is 4.74 Å². The summed E-state index contributed by atoms with van der Waals surface area (Å²) < 4.78 is 19.5. The third-order valence-corrected chi connectivity index (χ3v) is 3.44. The molecule has 0 aliphatic heterocycles. The third kappa shape index (κ3) is 2.64. The van der Waals surface area contributed by atoms with Gasteiger partial charge in [-0.05, 0) is 48.2 Å². The van der Waals surface area contributed by atoms with Crippen LogP contribution in [0, 0.1) is 5.82 Å². The highest BCUT2D eigenvalue weighted by Gasteiger charge is 2.12. The molecule has 0 bridgehead atoms. The Morgan fingerprint density at radius 2 is 2.07 bits per heavy atom. The number of thioether (sulfide) groups is 1. The van der Waals surface area contributed by atoms with Crippen molar-refractivity contribution in [3.8, 4) is 5.75 Å². The molecule has 0 saturated heterocycles. The third-order valence-electron chi connectivity index (χ3n) is 1.58. The van der Waals surface area contributed by atoms with Crippen LogP contribution in [-0.4, -0.2) is 12.4 Å². The normalized spacial score (nSPS) is 10.7. The summed E-state index contributed by atoms with van der Waals surface area (Å²) in [6.07, 6.45) is 1.92. The van der Waals surface area contributed by atoms with Crippen molar-refractivity contribution < 1.29 is 9.13 Å². The van der Waals surface area contributed by atoms with Gasteiger partial charge in [0.05, 0.1) is 15.5 Å². The number of benzene rings is 1. The van der Waals surface area contributed by atoms with Crippen molar-refractivity contribution in [3.63, 3.8) is 0 Å². The zero-order valence-electron chi connectivity index (χ0n) is 8.30. The van der Waals surface area contributed by atoms with Crippen LogP contribution in [0.1, 0.15) is 13.8 Å². The lowest BCUT2D eigenvalue weighted by atomic mass is 10.3. The lowest BCUT2D eigenvalue weighted by Crippen LogP contribution is -2.06. The molecule has 1 aromatic rings. The van der Waals surface area contributed by atoms with Gasteiger partial charge in [0.1, 0.15) is 11.6 Å². The Balaban J connectivity index is 3.08. The Kier molecular flexibility index (Phi) is 4.26. The summed E-state index contributed by atoms with van der Waals surface area (Å²) in [6, 6.07) is 3.06. The van der Waals surface area contributed by atoms with Crippen LogP contribution in [0.15, 0.2) is 21.5 Å². The summed E-state index contributed by atoms with van der Waals surface area (Å²) in [5, 5.41) is 0. The van der Waals surface area contributed by atoms with E-state index in [1.165, 1.54) is 17.8 Å². The topological polar surface area (TPSA) is 9.23 Å². The van der Waals surface area contributed by atoms with Crippen LogP contribution in [0.4, 0.5) is 4.39 Å². The van der Waals surface area contributed by atoms with Gasteiger partial charge in [-0.3, -0.25) is 0 Å². The first kappa shape index (κ1) is 11.9. The second kappa shape index (κ2) is 5.03. The lowest BCUT2D eigenvalue weighted by Gasteiger charge is -2.13. The number of halogens is 2. The monoisotopic (exact) mass is 278 g/mol. The maximum atomic E-state index is 13.3. The highest BCUT2D eigenvalue weighted by Crippen LogP contribution is 2.36. The smallest absolute Gasteiger partial charge is 0.138 e. The molecule has 0 aromatic heterocycles. The predicted octanol–water partition coefficient (Wildman–Crippen LogP) is 4.10. The van der Waals surface area contributed by atoms with Gasteiger partial charge in [0.15, 0.2) is 0 Å². The van der Waals surface area contributed by atoms with Crippen molar-refractivity contribution in [1.29, 1.82) is 0 Å². The first-order chi connectivity index (χ1) is 6.56. The van der Waals surface area contributed by atoms with E-state index in [9.17, 15) is 4.39 Å². The lowest BCUT2D eigenvalue weighted by molar-refractivity contribution is 0.239. The minimum Gasteiger partial charge on any atom is -0.490 e. The molecule has 78 valence electrons. The summed E-state index contributed by atoms with van der Waals surface area (Å²) in [6.45, 7) is 3.88. The Morgan fingerprint density at radius 1 is 1.43 bits per heavy atom. The zero-order valence-corrected chi connectivity index (χ0v) is 10.7. The Bertz CT molecular complexity index is 328. The molecule has 1 rings (SSSR count). The molecule has 0 N–H and O–H groups in total. The van der Waals surface area contributed by atoms with E-state index in [4.69, 9.17) is 4.74 Å². The number of hydrogen-bond donors (Lipinski definition) is 0. The van der Waals surface area contributed by atoms with Gasteiger partial charge in [-0.25, -0.2) is 4.39 Å². The van der Waals surface area contributed by atoms with E-state index < -0.39 is 0 Å². The summed E-state index contributed by atoms with van der Waals surface area (Å²) in [4.78, 5) is 0.586. The summed E-state index contributed by atoms with van der Waals surface area (Å²) in [5.41, 5.74) is 0. The average molecular weight is 279 g/mol. The van der Waals surface area contributed by atoms with Crippen molar-refractivity contribution in [2.75, 3.05) is 6.26 Å². The van der Waals surface area contributed by atoms with Crippen LogP contribution in [0.25, 0.3) is 0 Å². The van der Waals surface area contributed by atoms with Crippen molar-refractivity contribution in [3.05, 3.63) is 22.4 Å². The zero-order chi connectivity index (χ0) is 10.7. The second-order valence-corrected chi connectivity index (χ2v) is 4.67. The Morgan fingerprint density at radius 3 is 2.57 bits per heavy atom. The van der Waals surface area contributed by atoms with E-state index in [2.05, 4.69) is 15.9 Å². The average Bonchev–Trinajstić information content (AvgIpc) is 2.10. The number of rotatable bonds is 3. The van der Waals surface area contributed by atoms with E-state index in [0.717, 1.165) is 0 Å². The molecule has 0 atom stereocenters. The molecule has 0 aliphatic carbocycles. The molecule has 0 aliphatic rings. The van der Waals surface area contributed by atoms with Gasteiger partial charge in [0.2, 0.25) is 0 Å². The summed E-state index contributed by atoms with van der Waals surface area (Å²) >= 11 is 4.70. The van der Waals surface area contributed by atoms with E-state index in [1.54, 1.807) is 6.07 Å². The Hall–Kier alpha value is -0.220. The minimum absolute atomic E-state index is 0.0893. The fourth-order valence-electron chi connectivity index (χ4n) is 1.05. The molecule has 0 heterocycles. The van der Waals surface area contributed by atoms with Gasteiger partial charge >= 0.3 is 0 Å². The van der Waals surface area contributed by atoms with Gasteiger partial charge < -0.3 is 4.74 Å². The van der Waals surface area contributed by atoms with Crippen LogP contribution in [0.3, 0.4) is 0 Å². The summed E-state index contributed by atoms with van der Waals surface area (Å²) in [5.74, 6) is 0.464. The first-order valence-corrected chi connectivity index (χ1v) is 6.26. The predicted molar refractivity (Wildman–Crippen MR) is 61.6 cm³/mol. The minimum atomic E-state index is -0.222. The van der Waals surface area contributed by atoms with Crippen molar-refractivity contribution in [1.82, 2.24) is 0 Å². The quantitative estimate of drug-likeness (QED) is 0.770. The molecule has 4 heteroatoms. The van der Waals surface area contributed by atoms with Gasteiger partial charge in [-0.2, -0.15) is 0 Å². The van der Waals surface area contributed by atoms with Crippen LogP contribution in [-0.2, 0) is 0 Å². The van der Waals surface area contributed by atoms with Gasteiger partial charge in [-0.15, -0.1) is 11.8 Å². The Labute approximate surface area is 96.2 Å². The van der Waals surface area contributed by atoms with Gasteiger partial charge in [0.25, 0.3) is 0 Å². The van der Waals surface area contributed by atoms with Crippen molar-refractivity contribution in [2.24, 2.45) is 0 Å². The van der Waals surface area contributed by atoms with E-state index in [-0.39, 0.29) is 11.9 Å². The van der Waals surface area contributed by atoms with Gasteiger partial charge in [0, 0.05) is 0 Å². The molecule has 0 amide bonds. The molecule has 0 unspecified atom stereocenters. The first-order valence-electron chi connectivity index (χ1n) is 4.25. The molecule has 1 nitrogen and oxygen atoms in total. The molecule has 1 aromatic carbocycles. The fraction of sp³-hybridized carbons (Fsp3) is 0.400. The maximum Gasteiger partial charge on any atom is 0.138 e. The highest BCUT2D eigenvalue weighted by atomic mass is 79.9. The van der Waals surface area contributed by atoms with Crippen LogP contribution in [0.5, 0.6) is 5.75 Å². The van der Waals surface area contributed by atoms with Crippen LogP contribution >= 0.6 is 27.7 Å². The second-order valence-electron chi connectivity index (χ2n) is 3.06. The highest BCUT2D eigenvalue weighted by molar-refractivity contribution is 9.10. The van der Waals surface area contributed by atoms with Crippen LogP contribution in [0.2, 0.25) is 0 Å². The van der Waals surface area contributed by atoms with E-state index >= 15 is 0 Å². The molecule has 14 heavy (non-hydrogen) atoms. The van der Waals surface area contributed by atoms with E-state index in [0.29, 0.717) is 15.1 Å². The number of hydrogen-bond acceptors (Lipinski definition) is 2. The molecule has 0 fully saturated rings. The summed E-state index contributed by atoms with van der Waals surface area (Å²) in [7, 11) is 0.